The molecule has 0 spiro atoms. The van der Waals surface area contributed by atoms with E-state index in [0.29, 0.717) is 5.56 Å². The van der Waals surface area contributed by atoms with E-state index in [9.17, 15) is 21.6 Å². The third-order valence-electron chi connectivity index (χ3n) is 1.88. The van der Waals surface area contributed by atoms with Crippen LogP contribution in [-0.4, -0.2) is 14.6 Å². The van der Waals surface area contributed by atoms with E-state index in [4.69, 9.17) is 10.7 Å². The van der Waals surface area contributed by atoms with Gasteiger partial charge < -0.3 is 0 Å². The summed E-state index contributed by atoms with van der Waals surface area (Å²) in [6, 6.07) is 5.17. The van der Waals surface area contributed by atoms with Crippen LogP contribution in [0.5, 0.6) is 0 Å². The molecule has 0 heterocycles. The molecule has 1 aromatic carbocycles. The summed E-state index contributed by atoms with van der Waals surface area (Å²) in [5.74, 6) is 0. The van der Waals surface area contributed by atoms with E-state index in [-0.39, 0.29) is 11.3 Å². The molecule has 0 aromatic heterocycles. The van der Waals surface area contributed by atoms with Crippen LogP contribution in [0.15, 0.2) is 29.2 Å². The molecule has 0 unspecified atom stereocenters. The Morgan fingerprint density at radius 3 is 2.38 bits per heavy atom. The Balaban J connectivity index is 2.84. The summed E-state index contributed by atoms with van der Waals surface area (Å²) in [5, 5.41) is 0. The lowest BCUT2D eigenvalue weighted by atomic mass is 10.1. The number of alkyl halides is 3. The zero-order valence-corrected chi connectivity index (χ0v) is 9.53. The zero-order valence-electron chi connectivity index (χ0n) is 7.96. The lowest BCUT2D eigenvalue weighted by molar-refractivity contribution is -0.134. The maximum Gasteiger partial charge on any atom is 0.389 e. The first kappa shape index (κ1) is 13.3. The Labute approximate surface area is 95.5 Å². The highest BCUT2D eigenvalue weighted by atomic mass is 35.7. The van der Waals surface area contributed by atoms with Crippen molar-refractivity contribution in [2.24, 2.45) is 0 Å². The molecular weight excluding hydrogens is 265 g/mol. The van der Waals surface area contributed by atoms with Gasteiger partial charge >= 0.3 is 6.18 Å². The minimum absolute atomic E-state index is 0.186. The second-order valence-electron chi connectivity index (χ2n) is 3.20. The number of rotatable bonds is 3. The molecule has 2 nitrogen and oxygen atoms in total. The van der Waals surface area contributed by atoms with Gasteiger partial charge in [0.25, 0.3) is 9.05 Å². The van der Waals surface area contributed by atoms with Gasteiger partial charge in [0.1, 0.15) is 0 Å². The van der Waals surface area contributed by atoms with Gasteiger partial charge in [-0.3, -0.25) is 0 Å². The van der Waals surface area contributed by atoms with Crippen LogP contribution in [-0.2, 0) is 15.5 Å². The minimum atomic E-state index is -4.25. The fourth-order valence-corrected chi connectivity index (χ4v) is 1.96. The molecule has 1 rings (SSSR count). The van der Waals surface area contributed by atoms with Crippen LogP contribution >= 0.6 is 10.7 Å². The number of hydrogen-bond acceptors (Lipinski definition) is 2. The lowest BCUT2D eigenvalue weighted by Gasteiger charge is -2.06. The van der Waals surface area contributed by atoms with Crippen molar-refractivity contribution in [2.75, 3.05) is 0 Å². The smallest absolute Gasteiger partial charge is 0.207 e. The maximum absolute atomic E-state index is 11.9. The van der Waals surface area contributed by atoms with E-state index in [2.05, 4.69) is 0 Å². The standard InChI is InChI=1S/C9H8ClF3O2S/c10-16(14,15)8-3-1-2-7(6-8)4-5-9(11,12)13/h1-3,6H,4-5H2. The van der Waals surface area contributed by atoms with Crippen molar-refractivity contribution < 1.29 is 21.6 Å². The highest BCUT2D eigenvalue weighted by Gasteiger charge is 2.26. The average Bonchev–Trinajstić information content (AvgIpc) is 2.13. The Morgan fingerprint density at radius 2 is 1.88 bits per heavy atom. The van der Waals surface area contributed by atoms with E-state index in [1.54, 1.807) is 0 Å². The van der Waals surface area contributed by atoms with Crippen molar-refractivity contribution in [1.82, 2.24) is 0 Å². The summed E-state index contributed by atoms with van der Waals surface area (Å²) < 4.78 is 57.7. The van der Waals surface area contributed by atoms with Gasteiger partial charge in [0, 0.05) is 17.1 Å². The largest absolute Gasteiger partial charge is 0.389 e. The van der Waals surface area contributed by atoms with Crippen LogP contribution in [0.25, 0.3) is 0 Å². The highest BCUT2D eigenvalue weighted by Crippen LogP contribution is 2.23. The van der Waals surface area contributed by atoms with Gasteiger partial charge in [-0.15, -0.1) is 0 Å². The second-order valence-corrected chi connectivity index (χ2v) is 5.77. The monoisotopic (exact) mass is 272 g/mol. The molecule has 0 aliphatic carbocycles. The molecule has 16 heavy (non-hydrogen) atoms. The molecule has 0 saturated heterocycles. The third-order valence-corrected chi connectivity index (χ3v) is 3.23. The molecule has 1 aromatic rings. The molecular formula is C9H8ClF3O2S. The fourth-order valence-electron chi connectivity index (χ4n) is 1.14. The molecule has 0 amide bonds. The molecule has 90 valence electrons. The van der Waals surface area contributed by atoms with Crippen LogP contribution in [0.3, 0.4) is 0 Å². The Morgan fingerprint density at radius 1 is 1.25 bits per heavy atom. The Bertz CT molecular complexity index is 468. The minimum Gasteiger partial charge on any atom is -0.207 e. The summed E-state index contributed by atoms with van der Waals surface area (Å²) in [4.78, 5) is -0.186. The molecule has 0 radical (unpaired) electrons. The van der Waals surface area contributed by atoms with Crippen LogP contribution in [0.2, 0.25) is 0 Å². The lowest BCUT2D eigenvalue weighted by Crippen LogP contribution is -2.08. The number of benzene rings is 1. The molecule has 0 bridgehead atoms. The van der Waals surface area contributed by atoms with Crippen molar-refractivity contribution in [2.45, 2.75) is 23.9 Å². The van der Waals surface area contributed by atoms with E-state index in [1.807, 2.05) is 0 Å². The van der Waals surface area contributed by atoms with Crippen molar-refractivity contribution in [1.29, 1.82) is 0 Å². The van der Waals surface area contributed by atoms with Crippen molar-refractivity contribution in [3.63, 3.8) is 0 Å². The summed E-state index contributed by atoms with van der Waals surface area (Å²) in [7, 11) is 1.18. The summed E-state index contributed by atoms with van der Waals surface area (Å²) in [6.07, 6.45) is -5.50. The van der Waals surface area contributed by atoms with Crippen LogP contribution in [0, 0.1) is 0 Å². The zero-order chi connectivity index (χ0) is 12.4. The van der Waals surface area contributed by atoms with Gasteiger partial charge in [-0.1, -0.05) is 12.1 Å². The predicted octanol–water partition coefficient (Wildman–Crippen LogP) is 3.11. The summed E-state index contributed by atoms with van der Waals surface area (Å²) >= 11 is 0. The number of hydrogen-bond donors (Lipinski definition) is 0. The van der Waals surface area contributed by atoms with Gasteiger partial charge in [-0.25, -0.2) is 8.42 Å². The Kier molecular flexibility index (Phi) is 3.85. The molecule has 0 aliphatic rings. The number of halogens is 4. The van der Waals surface area contributed by atoms with Crippen molar-refractivity contribution >= 4 is 19.7 Å². The van der Waals surface area contributed by atoms with E-state index >= 15 is 0 Å². The van der Waals surface area contributed by atoms with E-state index < -0.39 is 21.6 Å². The van der Waals surface area contributed by atoms with Gasteiger partial charge in [0.05, 0.1) is 4.90 Å². The topological polar surface area (TPSA) is 34.1 Å². The first-order valence-corrected chi connectivity index (χ1v) is 6.60. The van der Waals surface area contributed by atoms with Gasteiger partial charge in [0.2, 0.25) is 0 Å². The summed E-state index contributed by atoms with van der Waals surface area (Å²) in [5.41, 5.74) is 0.291. The van der Waals surface area contributed by atoms with E-state index in [0.717, 1.165) is 6.07 Å². The highest BCUT2D eigenvalue weighted by molar-refractivity contribution is 8.13. The molecule has 0 atom stereocenters. The molecule has 0 saturated carbocycles. The molecule has 0 N–H and O–H groups in total. The van der Waals surface area contributed by atoms with Crippen molar-refractivity contribution in [3.05, 3.63) is 29.8 Å². The van der Waals surface area contributed by atoms with Crippen LogP contribution in [0.1, 0.15) is 12.0 Å². The van der Waals surface area contributed by atoms with Crippen molar-refractivity contribution in [3.8, 4) is 0 Å². The molecule has 0 fully saturated rings. The first-order chi connectivity index (χ1) is 7.18. The average molecular weight is 273 g/mol. The Hall–Kier alpha value is -0.750. The molecule has 7 heteroatoms. The SMILES string of the molecule is O=S(=O)(Cl)c1cccc(CCC(F)(F)F)c1. The predicted molar refractivity (Wildman–Crippen MR) is 53.9 cm³/mol. The van der Waals surface area contributed by atoms with E-state index in [1.165, 1.54) is 18.2 Å². The van der Waals surface area contributed by atoms with Gasteiger partial charge in [-0.2, -0.15) is 13.2 Å². The quantitative estimate of drug-likeness (QED) is 0.793. The van der Waals surface area contributed by atoms with Crippen LogP contribution < -0.4 is 0 Å². The molecule has 0 aliphatic heterocycles. The summed E-state index contributed by atoms with van der Waals surface area (Å²) in [6.45, 7) is 0. The second kappa shape index (κ2) is 4.63. The van der Waals surface area contributed by atoms with Gasteiger partial charge in [0.15, 0.2) is 0 Å². The maximum atomic E-state index is 11.9. The first-order valence-electron chi connectivity index (χ1n) is 4.29. The number of aryl methyl sites for hydroxylation is 1. The normalized spacial score (nSPS) is 12.8. The van der Waals surface area contributed by atoms with Crippen LogP contribution in [0.4, 0.5) is 13.2 Å². The third kappa shape index (κ3) is 4.40. The fraction of sp³-hybridized carbons (Fsp3) is 0.333. The van der Waals surface area contributed by atoms with Gasteiger partial charge in [-0.05, 0) is 24.1 Å².